The Labute approximate surface area is 151 Å². The van der Waals surface area contributed by atoms with Crippen molar-refractivity contribution in [1.29, 1.82) is 0 Å². The predicted molar refractivity (Wildman–Crippen MR) is 99.1 cm³/mol. The Kier molecular flexibility index (Phi) is 6.98. The van der Waals surface area contributed by atoms with Gasteiger partial charge in [0.25, 0.3) is 5.91 Å². The molecule has 1 unspecified atom stereocenters. The molecule has 1 aromatic carbocycles. The van der Waals surface area contributed by atoms with Gasteiger partial charge >= 0.3 is 0 Å². The van der Waals surface area contributed by atoms with E-state index in [1.54, 1.807) is 26.0 Å². The summed E-state index contributed by atoms with van der Waals surface area (Å²) in [6, 6.07) is 6.30. The van der Waals surface area contributed by atoms with Crippen LogP contribution >= 0.6 is 0 Å². The molecule has 0 aliphatic carbocycles. The van der Waals surface area contributed by atoms with E-state index < -0.39 is 10.0 Å². The summed E-state index contributed by atoms with van der Waals surface area (Å²) in [6.07, 6.45) is 3.41. The lowest BCUT2D eigenvalue weighted by molar-refractivity contribution is 0.0937. The summed E-state index contributed by atoms with van der Waals surface area (Å²) >= 11 is 0. The molecule has 140 valence electrons. The van der Waals surface area contributed by atoms with Crippen LogP contribution in [0.2, 0.25) is 0 Å². The summed E-state index contributed by atoms with van der Waals surface area (Å²) in [5.41, 5.74) is 0.364. The molecule has 2 rings (SSSR count). The minimum atomic E-state index is -3.60. The van der Waals surface area contributed by atoms with Gasteiger partial charge in [0, 0.05) is 24.2 Å². The lowest BCUT2D eigenvalue weighted by Crippen LogP contribution is -2.42. The van der Waals surface area contributed by atoms with Crippen LogP contribution in [-0.4, -0.2) is 50.9 Å². The largest absolute Gasteiger partial charge is 0.350 e. The molecule has 0 radical (unpaired) electrons. The Hall–Kier alpha value is -1.44. The first-order chi connectivity index (χ1) is 11.8. The van der Waals surface area contributed by atoms with Gasteiger partial charge in [-0.05, 0) is 64.4 Å². The van der Waals surface area contributed by atoms with E-state index in [1.165, 1.54) is 25.0 Å². The van der Waals surface area contributed by atoms with Crippen molar-refractivity contribution in [3.8, 4) is 0 Å². The van der Waals surface area contributed by atoms with Gasteiger partial charge in [0.2, 0.25) is 10.0 Å². The van der Waals surface area contributed by atoms with Crippen molar-refractivity contribution in [1.82, 2.24) is 14.9 Å². The standard InChI is InChI=1S/C18H29N3O3S/c1-4-16(21-10-5-6-11-21)13-19-18(22)15-8-7-9-17(12-15)25(23,24)20-14(2)3/h7-9,12,14,16,20H,4-6,10-11,13H2,1-3H3,(H,19,22). The van der Waals surface area contributed by atoms with Crippen LogP contribution in [0.5, 0.6) is 0 Å². The quantitative estimate of drug-likeness (QED) is 0.736. The average molecular weight is 368 g/mol. The third-order valence-electron chi connectivity index (χ3n) is 4.42. The summed E-state index contributed by atoms with van der Waals surface area (Å²) in [7, 11) is -3.60. The smallest absolute Gasteiger partial charge is 0.251 e. The number of nitrogens with zero attached hydrogens (tertiary/aromatic N) is 1. The Balaban J connectivity index is 2.03. The number of hydrogen-bond acceptors (Lipinski definition) is 4. The Morgan fingerprint density at radius 1 is 1.24 bits per heavy atom. The number of benzene rings is 1. The molecule has 0 spiro atoms. The maximum atomic E-state index is 12.4. The fourth-order valence-corrected chi connectivity index (χ4v) is 4.43. The molecule has 0 saturated carbocycles. The summed E-state index contributed by atoms with van der Waals surface area (Å²) in [5.74, 6) is -0.237. The number of rotatable bonds is 8. The van der Waals surface area contributed by atoms with Gasteiger partial charge in [-0.2, -0.15) is 0 Å². The molecule has 1 atom stereocenters. The first-order valence-electron chi connectivity index (χ1n) is 8.98. The van der Waals surface area contributed by atoms with Crippen LogP contribution in [-0.2, 0) is 10.0 Å². The van der Waals surface area contributed by atoms with Gasteiger partial charge in [0.05, 0.1) is 4.90 Å². The number of hydrogen-bond donors (Lipinski definition) is 2. The first kappa shape index (κ1) is 19.9. The van der Waals surface area contributed by atoms with Crippen molar-refractivity contribution in [2.24, 2.45) is 0 Å². The van der Waals surface area contributed by atoms with E-state index in [9.17, 15) is 13.2 Å². The number of sulfonamides is 1. The zero-order valence-electron chi connectivity index (χ0n) is 15.3. The van der Waals surface area contributed by atoms with Crippen LogP contribution < -0.4 is 10.0 Å². The molecule has 0 aromatic heterocycles. The van der Waals surface area contributed by atoms with E-state index in [1.807, 2.05) is 0 Å². The lowest BCUT2D eigenvalue weighted by atomic mass is 10.1. The predicted octanol–water partition coefficient (Wildman–Crippen LogP) is 1.98. The fraction of sp³-hybridized carbons (Fsp3) is 0.611. The number of carbonyl (C=O) groups is 1. The van der Waals surface area contributed by atoms with E-state index in [4.69, 9.17) is 0 Å². The van der Waals surface area contributed by atoms with E-state index in [0.717, 1.165) is 19.5 Å². The molecule has 1 saturated heterocycles. The minimum Gasteiger partial charge on any atom is -0.350 e. The highest BCUT2D eigenvalue weighted by Gasteiger charge is 2.22. The molecule has 1 amide bonds. The van der Waals surface area contributed by atoms with Crippen molar-refractivity contribution in [2.75, 3.05) is 19.6 Å². The van der Waals surface area contributed by atoms with Gasteiger partial charge in [-0.1, -0.05) is 13.0 Å². The SMILES string of the molecule is CCC(CNC(=O)c1cccc(S(=O)(=O)NC(C)C)c1)N1CCCC1. The molecule has 1 aliphatic rings. The maximum absolute atomic E-state index is 12.4. The van der Waals surface area contributed by atoms with Crippen LogP contribution in [0.4, 0.5) is 0 Å². The summed E-state index contributed by atoms with van der Waals surface area (Å²) in [4.78, 5) is 15.0. The molecule has 1 aliphatic heterocycles. The fourth-order valence-electron chi connectivity index (χ4n) is 3.13. The number of nitrogens with one attached hydrogen (secondary N) is 2. The van der Waals surface area contributed by atoms with Gasteiger partial charge in [0.1, 0.15) is 0 Å². The summed E-state index contributed by atoms with van der Waals surface area (Å²) in [5, 5.41) is 2.95. The maximum Gasteiger partial charge on any atom is 0.251 e. The molecule has 25 heavy (non-hydrogen) atoms. The van der Waals surface area contributed by atoms with Gasteiger partial charge < -0.3 is 5.32 Å². The highest BCUT2D eigenvalue weighted by molar-refractivity contribution is 7.89. The van der Waals surface area contributed by atoms with Crippen molar-refractivity contribution in [2.45, 2.75) is 57.0 Å². The summed E-state index contributed by atoms with van der Waals surface area (Å²) < 4.78 is 27.0. The van der Waals surface area contributed by atoms with Crippen molar-refractivity contribution < 1.29 is 13.2 Å². The van der Waals surface area contributed by atoms with E-state index in [0.29, 0.717) is 18.2 Å². The van der Waals surface area contributed by atoms with Gasteiger partial charge in [-0.3, -0.25) is 9.69 Å². The number of amides is 1. The Bertz CT molecular complexity index is 683. The van der Waals surface area contributed by atoms with E-state index >= 15 is 0 Å². The van der Waals surface area contributed by atoms with Crippen LogP contribution in [0.25, 0.3) is 0 Å². The van der Waals surface area contributed by atoms with Crippen molar-refractivity contribution in [3.63, 3.8) is 0 Å². The van der Waals surface area contributed by atoms with E-state index in [2.05, 4.69) is 21.9 Å². The summed E-state index contributed by atoms with van der Waals surface area (Å²) in [6.45, 7) is 8.40. The Morgan fingerprint density at radius 3 is 2.52 bits per heavy atom. The molecule has 7 heteroatoms. The first-order valence-corrected chi connectivity index (χ1v) is 10.5. The van der Waals surface area contributed by atoms with Crippen molar-refractivity contribution in [3.05, 3.63) is 29.8 Å². The van der Waals surface area contributed by atoms with Crippen LogP contribution in [0.15, 0.2) is 29.2 Å². The third kappa shape index (κ3) is 5.52. The van der Waals surface area contributed by atoms with Gasteiger partial charge in [-0.15, -0.1) is 0 Å². The van der Waals surface area contributed by atoms with Gasteiger partial charge in [-0.25, -0.2) is 13.1 Å². The zero-order chi connectivity index (χ0) is 18.4. The topological polar surface area (TPSA) is 78.5 Å². The molecule has 6 nitrogen and oxygen atoms in total. The van der Waals surface area contributed by atoms with Crippen LogP contribution in [0, 0.1) is 0 Å². The molecular weight excluding hydrogens is 338 g/mol. The zero-order valence-corrected chi connectivity index (χ0v) is 16.1. The van der Waals surface area contributed by atoms with Gasteiger partial charge in [0.15, 0.2) is 0 Å². The third-order valence-corrected chi connectivity index (χ3v) is 6.08. The molecule has 0 bridgehead atoms. The van der Waals surface area contributed by atoms with Crippen molar-refractivity contribution >= 4 is 15.9 Å². The lowest BCUT2D eigenvalue weighted by Gasteiger charge is -2.26. The number of likely N-dealkylation sites (tertiary alicyclic amines) is 1. The second-order valence-corrected chi connectivity index (χ2v) is 8.53. The molecule has 1 heterocycles. The molecule has 1 fully saturated rings. The van der Waals surface area contributed by atoms with Crippen LogP contribution in [0.3, 0.4) is 0 Å². The minimum absolute atomic E-state index is 0.112. The number of carbonyl (C=O) groups excluding carboxylic acids is 1. The normalized spacial score (nSPS) is 17.0. The Morgan fingerprint density at radius 2 is 1.92 bits per heavy atom. The second-order valence-electron chi connectivity index (χ2n) is 6.82. The van der Waals surface area contributed by atoms with Crippen LogP contribution in [0.1, 0.15) is 50.4 Å². The monoisotopic (exact) mass is 367 g/mol. The second kappa shape index (κ2) is 8.78. The molecular formula is C18H29N3O3S. The van der Waals surface area contributed by atoms with E-state index in [-0.39, 0.29) is 16.8 Å². The molecule has 2 N–H and O–H groups in total. The average Bonchev–Trinajstić information content (AvgIpc) is 3.08. The highest BCUT2D eigenvalue weighted by atomic mass is 32.2. The molecule has 1 aromatic rings. The highest BCUT2D eigenvalue weighted by Crippen LogP contribution is 2.15.